The number of fused-ring (bicyclic) bond motifs is 1. The molecule has 0 radical (unpaired) electrons. The number of carbonyl (C=O) groups excluding carboxylic acids is 1. The first kappa shape index (κ1) is 13.9. The maximum absolute atomic E-state index is 12.0. The van der Waals surface area contributed by atoms with E-state index in [1.54, 1.807) is 30.3 Å². The van der Waals surface area contributed by atoms with E-state index in [2.05, 4.69) is 5.32 Å². The fourth-order valence-corrected chi connectivity index (χ4v) is 3.09. The average molecular weight is 315 g/mol. The zero-order valence-electron chi connectivity index (χ0n) is 11.0. The highest BCUT2D eigenvalue weighted by molar-refractivity contribution is 7.90. The molecule has 0 saturated heterocycles. The number of anilines is 1. The van der Waals surface area contributed by atoms with Gasteiger partial charge >= 0.3 is 6.03 Å². The van der Waals surface area contributed by atoms with E-state index in [0.717, 1.165) is 0 Å². The minimum Gasteiger partial charge on any atom is -0.454 e. The van der Waals surface area contributed by atoms with Crippen LogP contribution in [0.1, 0.15) is 5.56 Å². The van der Waals surface area contributed by atoms with Gasteiger partial charge < -0.3 is 10.1 Å². The van der Waals surface area contributed by atoms with Crippen LogP contribution in [-0.2, 0) is 10.0 Å². The normalized spacial score (nSPS) is 15.0. The van der Waals surface area contributed by atoms with Crippen molar-refractivity contribution in [3.8, 4) is 17.6 Å². The number of benzene rings is 2. The van der Waals surface area contributed by atoms with Crippen LogP contribution >= 0.6 is 0 Å². The number of urea groups is 1. The van der Waals surface area contributed by atoms with E-state index in [1.807, 2.05) is 10.8 Å². The summed E-state index contributed by atoms with van der Waals surface area (Å²) in [4.78, 5) is 11.4. The number of amides is 2. The van der Waals surface area contributed by atoms with Crippen molar-refractivity contribution in [2.75, 3.05) is 5.32 Å². The number of hydrogen-bond donors (Lipinski definition) is 2. The molecule has 1 heterocycles. The summed E-state index contributed by atoms with van der Waals surface area (Å²) >= 11 is 0. The first-order valence-corrected chi connectivity index (χ1v) is 7.63. The van der Waals surface area contributed by atoms with Gasteiger partial charge in [0.15, 0.2) is 5.75 Å². The molecule has 2 N–H and O–H groups in total. The predicted octanol–water partition coefficient (Wildman–Crippen LogP) is 2.17. The van der Waals surface area contributed by atoms with Crippen LogP contribution in [0, 0.1) is 11.3 Å². The van der Waals surface area contributed by atoms with E-state index < -0.39 is 16.1 Å². The molecule has 0 fully saturated rings. The molecule has 2 aromatic carbocycles. The summed E-state index contributed by atoms with van der Waals surface area (Å²) in [6, 6.07) is 12.1. The van der Waals surface area contributed by atoms with Crippen molar-refractivity contribution < 1.29 is 17.9 Å². The molecule has 1 aliphatic rings. The van der Waals surface area contributed by atoms with Gasteiger partial charge in [-0.2, -0.15) is 5.26 Å². The molecule has 0 atom stereocenters. The summed E-state index contributed by atoms with van der Waals surface area (Å²) < 4.78 is 31.4. The predicted molar refractivity (Wildman–Crippen MR) is 77.0 cm³/mol. The van der Waals surface area contributed by atoms with E-state index in [9.17, 15) is 18.5 Å². The lowest BCUT2D eigenvalue weighted by Crippen LogP contribution is -2.39. The second kappa shape index (κ2) is 5.05. The van der Waals surface area contributed by atoms with E-state index in [-0.39, 0.29) is 21.9 Å². The molecule has 0 bridgehead atoms. The highest BCUT2D eigenvalue weighted by atomic mass is 32.2. The summed E-state index contributed by atoms with van der Waals surface area (Å²) in [5.41, 5.74) is 0.0617. The van der Waals surface area contributed by atoms with Gasteiger partial charge in [0.2, 0.25) is 0 Å². The molecule has 110 valence electrons. The number of hydrogen-bond acceptors (Lipinski definition) is 5. The number of sulfonamides is 1. The summed E-state index contributed by atoms with van der Waals surface area (Å²) in [7, 11) is -3.98. The quantitative estimate of drug-likeness (QED) is 0.883. The van der Waals surface area contributed by atoms with Gasteiger partial charge in [0, 0.05) is 0 Å². The Bertz CT molecular complexity index is 902. The maximum Gasteiger partial charge on any atom is 0.333 e. The molecule has 0 unspecified atom stereocenters. The lowest BCUT2D eigenvalue weighted by Gasteiger charge is -2.21. The molecule has 22 heavy (non-hydrogen) atoms. The third-order valence-electron chi connectivity index (χ3n) is 2.96. The van der Waals surface area contributed by atoms with Crippen molar-refractivity contribution in [1.29, 1.82) is 5.26 Å². The zero-order chi connectivity index (χ0) is 15.7. The van der Waals surface area contributed by atoms with Crippen LogP contribution in [0.25, 0.3) is 0 Å². The number of nitrogens with one attached hydrogen (secondary N) is 2. The van der Waals surface area contributed by atoms with Crippen LogP contribution in [0.3, 0.4) is 0 Å². The van der Waals surface area contributed by atoms with Gasteiger partial charge in [-0.25, -0.2) is 17.9 Å². The summed E-state index contributed by atoms with van der Waals surface area (Å²) in [6.45, 7) is 0. The SMILES string of the molecule is N#Cc1ccc2c(c1Oc1ccccc1)NC(=O)NS2(=O)=O. The third kappa shape index (κ3) is 2.34. The van der Waals surface area contributed by atoms with Crippen LogP contribution in [0.15, 0.2) is 47.4 Å². The highest BCUT2D eigenvalue weighted by Crippen LogP contribution is 2.39. The Morgan fingerprint density at radius 2 is 1.82 bits per heavy atom. The first-order valence-electron chi connectivity index (χ1n) is 6.15. The van der Waals surface area contributed by atoms with Gasteiger partial charge in [0.25, 0.3) is 10.0 Å². The smallest absolute Gasteiger partial charge is 0.333 e. The first-order chi connectivity index (χ1) is 10.5. The summed E-state index contributed by atoms with van der Waals surface area (Å²) in [6.07, 6.45) is 0. The van der Waals surface area contributed by atoms with Gasteiger partial charge in [0.05, 0.1) is 5.56 Å². The van der Waals surface area contributed by atoms with Crippen LogP contribution in [0.5, 0.6) is 11.5 Å². The van der Waals surface area contributed by atoms with Crippen LogP contribution in [0.4, 0.5) is 10.5 Å². The highest BCUT2D eigenvalue weighted by Gasteiger charge is 2.31. The van der Waals surface area contributed by atoms with Gasteiger partial charge in [-0.1, -0.05) is 18.2 Å². The summed E-state index contributed by atoms with van der Waals surface area (Å²) in [5, 5.41) is 11.6. The maximum atomic E-state index is 12.0. The number of ether oxygens (including phenoxy) is 1. The lowest BCUT2D eigenvalue weighted by atomic mass is 10.2. The van der Waals surface area contributed by atoms with Crippen LogP contribution in [-0.4, -0.2) is 14.4 Å². The van der Waals surface area contributed by atoms with E-state index in [0.29, 0.717) is 5.75 Å². The van der Waals surface area contributed by atoms with Crippen LogP contribution < -0.4 is 14.8 Å². The molecule has 7 nitrogen and oxygen atoms in total. The van der Waals surface area contributed by atoms with Gasteiger partial charge in [-0.3, -0.25) is 0 Å². The molecule has 3 rings (SSSR count). The Hall–Kier alpha value is -3.05. The van der Waals surface area contributed by atoms with Crippen molar-refractivity contribution in [1.82, 2.24) is 4.72 Å². The van der Waals surface area contributed by atoms with Crippen LogP contribution in [0.2, 0.25) is 0 Å². The summed E-state index contributed by atoms with van der Waals surface area (Å²) in [5.74, 6) is 0.405. The van der Waals surface area contributed by atoms with Gasteiger partial charge in [0.1, 0.15) is 22.4 Å². The molecule has 0 saturated carbocycles. The van der Waals surface area contributed by atoms with E-state index in [1.165, 1.54) is 12.1 Å². The Labute approximate surface area is 126 Å². The number of nitrogens with zero attached hydrogens (tertiary/aromatic N) is 1. The Morgan fingerprint density at radius 3 is 2.50 bits per heavy atom. The zero-order valence-corrected chi connectivity index (χ0v) is 11.8. The lowest BCUT2D eigenvalue weighted by molar-refractivity contribution is 0.256. The molecule has 0 aliphatic carbocycles. The minimum atomic E-state index is -3.98. The molecule has 1 aliphatic heterocycles. The van der Waals surface area contributed by atoms with E-state index in [4.69, 9.17) is 4.74 Å². The second-order valence-corrected chi connectivity index (χ2v) is 6.05. The number of nitriles is 1. The third-order valence-corrected chi connectivity index (χ3v) is 4.33. The van der Waals surface area contributed by atoms with Crippen molar-refractivity contribution in [3.63, 3.8) is 0 Å². The molecular formula is C14H9N3O4S. The fourth-order valence-electron chi connectivity index (χ4n) is 2.02. The van der Waals surface area contributed by atoms with Gasteiger partial charge in [-0.05, 0) is 24.3 Å². The molecule has 8 heteroatoms. The Morgan fingerprint density at radius 1 is 1.09 bits per heavy atom. The minimum absolute atomic E-state index is 0.00961. The molecule has 2 amide bonds. The molecule has 0 spiro atoms. The standard InChI is InChI=1S/C14H9N3O4S/c15-8-9-6-7-11-12(16-14(18)17-22(11,19)20)13(9)21-10-4-2-1-3-5-10/h1-7H,(H2,16,17,18). The molecule has 2 aromatic rings. The topological polar surface area (TPSA) is 108 Å². The van der Waals surface area contributed by atoms with E-state index >= 15 is 0 Å². The molecular weight excluding hydrogens is 306 g/mol. The largest absolute Gasteiger partial charge is 0.454 e. The van der Waals surface area contributed by atoms with Crippen molar-refractivity contribution in [3.05, 3.63) is 48.0 Å². The van der Waals surface area contributed by atoms with Gasteiger partial charge in [-0.15, -0.1) is 0 Å². The fraction of sp³-hybridized carbons (Fsp3) is 0. The monoisotopic (exact) mass is 315 g/mol. The Kier molecular flexibility index (Phi) is 3.19. The van der Waals surface area contributed by atoms with Crippen molar-refractivity contribution >= 4 is 21.7 Å². The Balaban J connectivity index is 2.21. The van der Waals surface area contributed by atoms with Crippen molar-refractivity contribution in [2.45, 2.75) is 4.90 Å². The second-order valence-electron chi connectivity index (χ2n) is 4.40. The average Bonchev–Trinajstić information content (AvgIpc) is 2.48. The number of para-hydroxylation sites is 1. The number of carbonyl (C=O) groups is 1. The molecule has 0 aromatic heterocycles. The number of rotatable bonds is 2. The van der Waals surface area contributed by atoms with Crippen molar-refractivity contribution in [2.24, 2.45) is 0 Å².